The summed E-state index contributed by atoms with van der Waals surface area (Å²) in [5.74, 6) is 2.10. The molecule has 1 saturated carbocycles. The number of hydrogen-bond acceptors (Lipinski definition) is 7. The van der Waals surface area contributed by atoms with Crippen LogP contribution in [-0.4, -0.2) is 64.4 Å². The zero-order valence-corrected chi connectivity index (χ0v) is 20.9. The summed E-state index contributed by atoms with van der Waals surface area (Å²) in [5, 5.41) is 6.76. The van der Waals surface area contributed by atoms with Crippen LogP contribution >= 0.6 is 0 Å². The second-order valence-corrected chi connectivity index (χ2v) is 10.8. The summed E-state index contributed by atoms with van der Waals surface area (Å²) < 4.78 is 0. The van der Waals surface area contributed by atoms with Crippen molar-refractivity contribution in [1.29, 1.82) is 0 Å². The lowest BCUT2D eigenvalue weighted by molar-refractivity contribution is -0.125. The fourth-order valence-corrected chi connectivity index (χ4v) is 5.94. The van der Waals surface area contributed by atoms with Gasteiger partial charge in [0.05, 0.1) is 17.6 Å². The number of amides is 2. The molecule has 3 fully saturated rings. The van der Waals surface area contributed by atoms with Gasteiger partial charge in [-0.05, 0) is 62.1 Å². The van der Waals surface area contributed by atoms with Gasteiger partial charge in [0, 0.05) is 56.5 Å². The first-order valence-electron chi connectivity index (χ1n) is 13.0. The Morgan fingerprint density at radius 2 is 1.92 bits per heavy atom. The van der Waals surface area contributed by atoms with Crippen LogP contribution in [0.2, 0.25) is 0 Å². The monoisotopic (exact) mass is 487 g/mol. The third-order valence-corrected chi connectivity index (χ3v) is 8.16. The molecule has 2 N–H and O–H groups in total. The molecule has 2 aromatic heterocycles. The SMILES string of the molecule is CN(C)C(=O)C1=Cc2cnc(Nc3ccc(N4CC5CCC(CC4=O)N5)cn3)nc2CC1C1CCC1. The van der Waals surface area contributed by atoms with Gasteiger partial charge in [-0.1, -0.05) is 6.42 Å². The van der Waals surface area contributed by atoms with Crippen molar-refractivity contribution in [2.75, 3.05) is 30.9 Å². The van der Waals surface area contributed by atoms with Crippen LogP contribution in [0, 0.1) is 11.8 Å². The summed E-state index contributed by atoms with van der Waals surface area (Å²) in [6, 6.07) is 4.46. The van der Waals surface area contributed by atoms with Crippen molar-refractivity contribution in [3.8, 4) is 0 Å². The van der Waals surface area contributed by atoms with Gasteiger partial charge in [0.2, 0.25) is 17.8 Å². The quantitative estimate of drug-likeness (QED) is 0.668. The molecule has 4 aliphatic rings. The number of nitrogens with one attached hydrogen (secondary N) is 2. The summed E-state index contributed by atoms with van der Waals surface area (Å²) in [6.07, 6.45) is 12.6. The molecule has 9 nitrogen and oxygen atoms in total. The summed E-state index contributed by atoms with van der Waals surface area (Å²) in [4.78, 5) is 42.9. The maximum atomic E-state index is 12.9. The largest absolute Gasteiger partial charge is 0.345 e. The topological polar surface area (TPSA) is 103 Å². The molecular formula is C27H33N7O2. The zero-order chi connectivity index (χ0) is 24.8. The highest BCUT2D eigenvalue weighted by molar-refractivity contribution is 5.99. The van der Waals surface area contributed by atoms with Gasteiger partial charge in [-0.2, -0.15) is 0 Å². The van der Waals surface area contributed by atoms with E-state index >= 15 is 0 Å². The average Bonchev–Trinajstić information content (AvgIpc) is 3.20. The van der Waals surface area contributed by atoms with Crippen LogP contribution in [0.15, 0.2) is 30.1 Å². The number of carbonyl (C=O) groups is 2. The van der Waals surface area contributed by atoms with Crippen LogP contribution in [0.3, 0.4) is 0 Å². The summed E-state index contributed by atoms with van der Waals surface area (Å²) in [6.45, 7) is 0.686. The highest BCUT2D eigenvalue weighted by Gasteiger charge is 2.37. The number of anilines is 3. The normalized spacial score (nSPS) is 25.5. The molecule has 188 valence electrons. The van der Waals surface area contributed by atoms with Crippen molar-refractivity contribution in [3.63, 3.8) is 0 Å². The number of likely N-dealkylation sites (N-methyl/N-ethyl adjacent to an activating group) is 1. The molecule has 9 heteroatoms. The van der Waals surface area contributed by atoms with E-state index < -0.39 is 0 Å². The van der Waals surface area contributed by atoms with Gasteiger partial charge < -0.3 is 20.4 Å². The minimum Gasteiger partial charge on any atom is -0.345 e. The Kier molecular flexibility index (Phi) is 5.95. The third-order valence-electron chi connectivity index (χ3n) is 8.16. The number of pyridine rings is 1. The fourth-order valence-electron chi connectivity index (χ4n) is 5.94. The van der Waals surface area contributed by atoms with Crippen molar-refractivity contribution in [3.05, 3.63) is 41.4 Å². The lowest BCUT2D eigenvalue weighted by atomic mass is 9.68. The van der Waals surface area contributed by atoms with Crippen LogP contribution in [0.5, 0.6) is 0 Å². The van der Waals surface area contributed by atoms with E-state index in [0.29, 0.717) is 42.7 Å². The lowest BCUT2D eigenvalue weighted by Crippen LogP contribution is -2.37. The molecule has 2 aliphatic carbocycles. The van der Waals surface area contributed by atoms with E-state index in [4.69, 9.17) is 4.98 Å². The van der Waals surface area contributed by atoms with Gasteiger partial charge in [-0.15, -0.1) is 0 Å². The minimum atomic E-state index is 0.0792. The van der Waals surface area contributed by atoms with Crippen LogP contribution in [0.1, 0.15) is 49.8 Å². The number of carbonyl (C=O) groups excluding carboxylic acids is 2. The molecule has 3 atom stereocenters. The average molecular weight is 488 g/mol. The van der Waals surface area contributed by atoms with Gasteiger partial charge >= 0.3 is 0 Å². The Hall–Kier alpha value is -3.33. The number of fused-ring (bicyclic) bond motifs is 3. The molecule has 0 aromatic carbocycles. The molecule has 3 unspecified atom stereocenters. The van der Waals surface area contributed by atoms with E-state index in [0.717, 1.165) is 41.8 Å². The first-order chi connectivity index (χ1) is 17.4. The van der Waals surface area contributed by atoms with Crippen molar-refractivity contribution in [2.24, 2.45) is 11.8 Å². The van der Waals surface area contributed by atoms with E-state index in [1.165, 1.54) is 19.3 Å². The van der Waals surface area contributed by atoms with E-state index in [9.17, 15) is 9.59 Å². The maximum Gasteiger partial charge on any atom is 0.249 e. The molecule has 4 heterocycles. The molecule has 0 spiro atoms. The number of aromatic nitrogens is 3. The highest BCUT2D eigenvalue weighted by Crippen LogP contribution is 2.42. The van der Waals surface area contributed by atoms with Crippen molar-refractivity contribution in [1.82, 2.24) is 25.2 Å². The van der Waals surface area contributed by atoms with Gasteiger partial charge in [0.25, 0.3) is 0 Å². The molecule has 2 aromatic rings. The molecule has 0 radical (unpaired) electrons. The highest BCUT2D eigenvalue weighted by atomic mass is 16.2. The Morgan fingerprint density at radius 1 is 1.08 bits per heavy atom. The van der Waals surface area contributed by atoms with E-state index in [1.807, 2.05) is 37.2 Å². The van der Waals surface area contributed by atoms with Gasteiger partial charge in [0.1, 0.15) is 5.82 Å². The minimum absolute atomic E-state index is 0.0792. The standard InChI is InChI=1S/C27H33N7O2/c1-33(2)26(36)22-10-17-13-29-27(31-23(17)12-21(22)16-4-3-5-16)32-24-9-8-20(14-28-24)34-15-19-7-6-18(30-19)11-25(34)35/h8-10,13-14,16,18-19,21,30H,3-7,11-12,15H2,1-2H3,(H,28,29,31,32). The third kappa shape index (κ3) is 4.36. The first kappa shape index (κ1) is 23.1. The molecule has 6 rings (SSSR count). The van der Waals surface area contributed by atoms with E-state index in [-0.39, 0.29) is 17.7 Å². The molecule has 2 bridgehead atoms. The summed E-state index contributed by atoms with van der Waals surface area (Å²) in [7, 11) is 3.62. The number of nitrogens with zero attached hydrogens (tertiary/aromatic N) is 5. The van der Waals surface area contributed by atoms with Crippen LogP contribution in [0.4, 0.5) is 17.5 Å². The predicted octanol–water partition coefficient (Wildman–Crippen LogP) is 2.92. The van der Waals surface area contributed by atoms with Crippen LogP contribution in [-0.2, 0) is 16.0 Å². The lowest BCUT2D eigenvalue weighted by Gasteiger charge is -2.37. The van der Waals surface area contributed by atoms with Crippen LogP contribution in [0.25, 0.3) is 6.08 Å². The van der Waals surface area contributed by atoms with Gasteiger partial charge in [0.15, 0.2) is 0 Å². The van der Waals surface area contributed by atoms with Crippen molar-refractivity contribution < 1.29 is 9.59 Å². The summed E-state index contributed by atoms with van der Waals surface area (Å²) in [5.41, 5.74) is 3.57. The smallest absolute Gasteiger partial charge is 0.249 e. The van der Waals surface area contributed by atoms with Crippen molar-refractivity contribution in [2.45, 2.75) is 57.0 Å². The fraction of sp³-hybridized carbons (Fsp3) is 0.519. The zero-order valence-electron chi connectivity index (χ0n) is 20.9. The van der Waals surface area contributed by atoms with E-state index in [1.54, 1.807) is 17.3 Å². The van der Waals surface area contributed by atoms with Crippen molar-refractivity contribution >= 4 is 35.3 Å². The Labute approximate surface area is 211 Å². The predicted molar refractivity (Wildman–Crippen MR) is 138 cm³/mol. The summed E-state index contributed by atoms with van der Waals surface area (Å²) >= 11 is 0. The Morgan fingerprint density at radius 3 is 2.64 bits per heavy atom. The first-order valence-corrected chi connectivity index (χ1v) is 13.0. The molecule has 2 amide bonds. The second-order valence-electron chi connectivity index (χ2n) is 10.8. The molecular weight excluding hydrogens is 454 g/mol. The molecule has 2 aliphatic heterocycles. The molecule has 2 saturated heterocycles. The maximum absolute atomic E-state index is 12.9. The number of rotatable bonds is 5. The van der Waals surface area contributed by atoms with Gasteiger partial charge in [-0.3, -0.25) is 9.59 Å². The van der Waals surface area contributed by atoms with Gasteiger partial charge in [-0.25, -0.2) is 15.0 Å². The van der Waals surface area contributed by atoms with E-state index in [2.05, 4.69) is 20.6 Å². The second kappa shape index (κ2) is 9.28. The van der Waals surface area contributed by atoms with Crippen LogP contribution < -0.4 is 15.5 Å². The number of hydrogen-bond donors (Lipinski definition) is 2. The molecule has 36 heavy (non-hydrogen) atoms. The Bertz CT molecular complexity index is 1210. The Balaban J connectivity index is 1.19.